The lowest BCUT2D eigenvalue weighted by Crippen LogP contribution is -2.24. The molecule has 0 aromatic heterocycles. The van der Waals surface area contributed by atoms with E-state index >= 15 is 0 Å². The van der Waals surface area contributed by atoms with Crippen molar-refractivity contribution in [2.24, 2.45) is 5.92 Å². The van der Waals surface area contributed by atoms with Crippen molar-refractivity contribution in [2.75, 3.05) is 24.3 Å². The van der Waals surface area contributed by atoms with Gasteiger partial charge in [0.1, 0.15) is 0 Å². The number of carbonyl (C=O) groups is 2. The van der Waals surface area contributed by atoms with Gasteiger partial charge in [-0.1, -0.05) is 12.1 Å². The molecular formula is C15H19NO3S. The van der Waals surface area contributed by atoms with E-state index in [4.69, 9.17) is 0 Å². The number of thiol groups is 1. The fraction of sp³-hybridized carbons (Fsp3) is 0.467. The number of ether oxygens (including phenoxy) is 1. The summed E-state index contributed by atoms with van der Waals surface area (Å²) < 4.78 is 4.62. The molecule has 1 fully saturated rings. The molecule has 0 bridgehead atoms. The number of amides is 1. The molecule has 1 saturated heterocycles. The van der Waals surface area contributed by atoms with E-state index in [2.05, 4.69) is 17.4 Å². The zero-order valence-corrected chi connectivity index (χ0v) is 12.4. The van der Waals surface area contributed by atoms with Crippen molar-refractivity contribution in [3.8, 4) is 0 Å². The van der Waals surface area contributed by atoms with E-state index in [9.17, 15) is 9.59 Å². The summed E-state index contributed by atoms with van der Waals surface area (Å²) in [5, 5.41) is 0. The highest BCUT2D eigenvalue weighted by Gasteiger charge is 2.29. The molecule has 108 valence electrons. The van der Waals surface area contributed by atoms with E-state index in [1.165, 1.54) is 7.11 Å². The van der Waals surface area contributed by atoms with Gasteiger partial charge in [0.05, 0.1) is 7.11 Å². The van der Waals surface area contributed by atoms with E-state index in [1.807, 2.05) is 29.2 Å². The molecule has 1 heterocycles. The lowest BCUT2D eigenvalue weighted by molar-refractivity contribution is -0.140. The molecule has 1 amide bonds. The summed E-state index contributed by atoms with van der Waals surface area (Å²) in [4.78, 5) is 24.8. The van der Waals surface area contributed by atoms with Crippen LogP contribution in [-0.4, -0.2) is 31.3 Å². The third kappa shape index (κ3) is 3.54. The molecule has 0 spiro atoms. The SMILES string of the molecule is COC(=O)CCc1ccc(N2CC(CS)CC2=O)cc1. The zero-order chi connectivity index (χ0) is 14.5. The maximum atomic E-state index is 11.9. The minimum atomic E-state index is -0.208. The maximum Gasteiger partial charge on any atom is 0.305 e. The number of methoxy groups -OCH3 is 1. The number of esters is 1. The van der Waals surface area contributed by atoms with Crippen LogP contribution in [0.3, 0.4) is 0 Å². The van der Waals surface area contributed by atoms with Crippen LogP contribution in [0.2, 0.25) is 0 Å². The first kappa shape index (κ1) is 14.9. The average Bonchev–Trinajstić information content (AvgIpc) is 2.86. The summed E-state index contributed by atoms with van der Waals surface area (Å²) in [5.74, 6) is 1.02. The Labute approximate surface area is 124 Å². The molecule has 5 heteroatoms. The van der Waals surface area contributed by atoms with Crippen LogP contribution in [0, 0.1) is 5.92 Å². The molecule has 1 atom stereocenters. The Morgan fingerprint density at radius 2 is 2.10 bits per heavy atom. The largest absolute Gasteiger partial charge is 0.469 e. The fourth-order valence-electron chi connectivity index (χ4n) is 2.34. The molecule has 1 aromatic rings. The van der Waals surface area contributed by atoms with Gasteiger partial charge in [0.2, 0.25) is 5.91 Å². The van der Waals surface area contributed by atoms with Crippen molar-refractivity contribution < 1.29 is 14.3 Å². The van der Waals surface area contributed by atoms with E-state index in [1.54, 1.807) is 0 Å². The minimum absolute atomic E-state index is 0.159. The first-order valence-electron chi connectivity index (χ1n) is 6.71. The summed E-state index contributed by atoms with van der Waals surface area (Å²) in [6.07, 6.45) is 1.61. The number of aryl methyl sites for hydroxylation is 1. The van der Waals surface area contributed by atoms with Gasteiger partial charge < -0.3 is 9.64 Å². The molecule has 1 aliphatic heterocycles. The van der Waals surface area contributed by atoms with Crippen LogP contribution in [0.5, 0.6) is 0 Å². The van der Waals surface area contributed by atoms with Crippen molar-refractivity contribution >= 4 is 30.2 Å². The third-order valence-electron chi connectivity index (χ3n) is 3.56. The Kier molecular flexibility index (Phi) is 5.06. The zero-order valence-electron chi connectivity index (χ0n) is 11.5. The number of hydrogen-bond acceptors (Lipinski definition) is 4. The van der Waals surface area contributed by atoms with Gasteiger partial charge in [-0.3, -0.25) is 9.59 Å². The van der Waals surface area contributed by atoms with Crippen LogP contribution >= 0.6 is 12.6 Å². The van der Waals surface area contributed by atoms with Crippen LogP contribution in [0.4, 0.5) is 5.69 Å². The first-order chi connectivity index (χ1) is 9.63. The molecule has 0 aliphatic carbocycles. The number of anilines is 1. The smallest absolute Gasteiger partial charge is 0.305 e. The monoisotopic (exact) mass is 293 g/mol. The molecule has 1 aliphatic rings. The normalized spacial score (nSPS) is 18.4. The van der Waals surface area contributed by atoms with Gasteiger partial charge in [-0.2, -0.15) is 12.6 Å². The second kappa shape index (κ2) is 6.79. The predicted octanol–water partition coefficient (Wildman–Crippen LogP) is 2.07. The van der Waals surface area contributed by atoms with Gasteiger partial charge in [-0.15, -0.1) is 0 Å². The van der Waals surface area contributed by atoms with Crippen molar-refractivity contribution in [2.45, 2.75) is 19.3 Å². The maximum absolute atomic E-state index is 11.9. The summed E-state index contributed by atoms with van der Waals surface area (Å²) in [6.45, 7) is 0.740. The Morgan fingerprint density at radius 3 is 2.65 bits per heavy atom. The molecule has 0 radical (unpaired) electrons. The predicted molar refractivity (Wildman–Crippen MR) is 81.1 cm³/mol. The molecule has 4 nitrogen and oxygen atoms in total. The summed E-state index contributed by atoms with van der Waals surface area (Å²) in [7, 11) is 1.39. The quantitative estimate of drug-likeness (QED) is 0.668. The summed E-state index contributed by atoms with van der Waals surface area (Å²) in [6, 6.07) is 7.79. The topological polar surface area (TPSA) is 46.6 Å². The second-order valence-electron chi connectivity index (χ2n) is 5.00. The minimum Gasteiger partial charge on any atom is -0.469 e. The summed E-state index contributed by atoms with van der Waals surface area (Å²) in [5.41, 5.74) is 1.98. The number of nitrogens with zero attached hydrogens (tertiary/aromatic N) is 1. The van der Waals surface area contributed by atoms with Crippen molar-refractivity contribution in [1.29, 1.82) is 0 Å². The summed E-state index contributed by atoms with van der Waals surface area (Å²) >= 11 is 4.26. The van der Waals surface area contributed by atoms with Gasteiger partial charge in [0.25, 0.3) is 0 Å². The van der Waals surface area contributed by atoms with E-state index in [0.717, 1.165) is 23.5 Å². The number of carbonyl (C=O) groups excluding carboxylic acids is 2. The average molecular weight is 293 g/mol. The van der Waals surface area contributed by atoms with Gasteiger partial charge in [0.15, 0.2) is 0 Å². The molecule has 0 N–H and O–H groups in total. The Morgan fingerprint density at radius 1 is 1.40 bits per heavy atom. The van der Waals surface area contributed by atoms with Crippen molar-refractivity contribution in [3.63, 3.8) is 0 Å². The van der Waals surface area contributed by atoms with Gasteiger partial charge in [0, 0.05) is 25.1 Å². The Balaban J connectivity index is 1.98. The van der Waals surface area contributed by atoms with Crippen LogP contribution in [-0.2, 0) is 20.7 Å². The second-order valence-corrected chi connectivity index (χ2v) is 5.36. The van der Waals surface area contributed by atoms with E-state index in [0.29, 0.717) is 25.2 Å². The lowest BCUT2D eigenvalue weighted by atomic mass is 10.1. The highest BCUT2D eigenvalue weighted by atomic mass is 32.1. The fourth-order valence-corrected chi connectivity index (χ4v) is 2.59. The van der Waals surface area contributed by atoms with Gasteiger partial charge in [-0.25, -0.2) is 0 Å². The van der Waals surface area contributed by atoms with Crippen LogP contribution in [0.25, 0.3) is 0 Å². The Hall–Kier alpha value is -1.49. The molecule has 20 heavy (non-hydrogen) atoms. The molecule has 1 unspecified atom stereocenters. The lowest BCUT2D eigenvalue weighted by Gasteiger charge is -2.16. The highest BCUT2D eigenvalue weighted by molar-refractivity contribution is 7.80. The van der Waals surface area contributed by atoms with Gasteiger partial charge in [-0.05, 0) is 35.8 Å². The van der Waals surface area contributed by atoms with Crippen molar-refractivity contribution in [3.05, 3.63) is 29.8 Å². The third-order valence-corrected chi connectivity index (χ3v) is 4.07. The molecular weight excluding hydrogens is 274 g/mol. The van der Waals surface area contributed by atoms with Crippen LogP contribution in [0.1, 0.15) is 18.4 Å². The van der Waals surface area contributed by atoms with Crippen LogP contribution in [0.15, 0.2) is 24.3 Å². The van der Waals surface area contributed by atoms with E-state index < -0.39 is 0 Å². The Bertz CT molecular complexity index is 486. The first-order valence-corrected chi connectivity index (χ1v) is 7.34. The van der Waals surface area contributed by atoms with E-state index in [-0.39, 0.29) is 11.9 Å². The number of rotatable bonds is 5. The molecule has 2 rings (SSSR count). The molecule has 1 aromatic carbocycles. The van der Waals surface area contributed by atoms with Crippen molar-refractivity contribution in [1.82, 2.24) is 0 Å². The number of benzene rings is 1. The van der Waals surface area contributed by atoms with Gasteiger partial charge >= 0.3 is 5.97 Å². The van der Waals surface area contributed by atoms with Crippen LogP contribution < -0.4 is 4.90 Å². The molecule has 0 saturated carbocycles. The number of hydrogen-bond donors (Lipinski definition) is 1. The highest BCUT2D eigenvalue weighted by Crippen LogP contribution is 2.26. The standard InChI is InChI=1S/C15H19NO3S/c1-19-15(18)7-4-11-2-5-13(6-3-11)16-9-12(10-20)8-14(16)17/h2-3,5-6,12,20H,4,7-10H2,1H3.